The SMILES string of the molecule is O=S1(=O)CCC(Nc2cc(Nc3ccccc3Br)ncn2)C1. The average Bonchev–Trinajstić information content (AvgIpc) is 2.81. The van der Waals surface area contributed by atoms with Crippen LogP contribution in [0.2, 0.25) is 0 Å². The number of aromatic nitrogens is 2. The molecule has 116 valence electrons. The van der Waals surface area contributed by atoms with Crippen molar-refractivity contribution in [3.8, 4) is 0 Å². The smallest absolute Gasteiger partial charge is 0.152 e. The Morgan fingerprint density at radius 2 is 1.95 bits per heavy atom. The van der Waals surface area contributed by atoms with Gasteiger partial charge in [-0.1, -0.05) is 12.1 Å². The number of nitrogens with one attached hydrogen (secondary N) is 2. The molecule has 2 N–H and O–H groups in total. The van der Waals surface area contributed by atoms with Crippen LogP contribution in [0.15, 0.2) is 41.1 Å². The van der Waals surface area contributed by atoms with Crippen LogP contribution < -0.4 is 10.6 Å². The molecule has 0 radical (unpaired) electrons. The number of rotatable bonds is 4. The zero-order chi connectivity index (χ0) is 15.6. The Kier molecular flexibility index (Phi) is 4.30. The average molecular weight is 383 g/mol. The van der Waals surface area contributed by atoms with Crippen molar-refractivity contribution >= 4 is 43.1 Å². The quantitative estimate of drug-likeness (QED) is 0.845. The molecule has 1 aliphatic heterocycles. The van der Waals surface area contributed by atoms with Gasteiger partial charge >= 0.3 is 0 Å². The molecule has 1 saturated heterocycles. The first-order valence-electron chi connectivity index (χ1n) is 6.82. The molecule has 6 nitrogen and oxygen atoms in total. The van der Waals surface area contributed by atoms with E-state index in [1.807, 2.05) is 24.3 Å². The summed E-state index contributed by atoms with van der Waals surface area (Å²) < 4.78 is 23.9. The van der Waals surface area contributed by atoms with Gasteiger partial charge in [-0.05, 0) is 34.5 Å². The van der Waals surface area contributed by atoms with Gasteiger partial charge < -0.3 is 10.6 Å². The first-order chi connectivity index (χ1) is 10.5. The van der Waals surface area contributed by atoms with Crippen molar-refractivity contribution in [2.45, 2.75) is 12.5 Å². The van der Waals surface area contributed by atoms with E-state index >= 15 is 0 Å². The summed E-state index contributed by atoms with van der Waals surface area (Å²) in [7, 11) is -2.91. The second-order valence-electron chi connectivity index (χ2n) is 5.14. The highest BCUT2D eigenvalue weighted by Gasteiger charge is 2.27. The third kappa shape index (κ3) is 3.75. The van der Waals surface area contributed by atoms with Gasteiger partial charge in [-0.25, -0.2) is 18.4 Å². The molecule has 1 atom stereocenters. The fourth-order valence-corrected chi connectivity index (χ4v) is 4.38. The first-order valence-corrected chi connectivity index (χ1v) is 9.44. The lowest BCUT2D eigenvalue weighted by Crippen LogP contribution is -2.21. The number of anilines is 3. The Morgan fingerprint density at radius 3 is 2.68 bits per heavy atom. The van der Waals surface area contributed by atoms with Crippen LogP contribution in [0.25, 0.3) is 0 Å². The largest absolute Gasteiger partial charge is 0.366 e. The molecule has 1 aromatic carbocycles. The van der Waals surface area contributed by atoms with Crippen molar-refractivity contribution in [1.29, 1.82) is 0 Å². The summed E-state index contributed by atoms with van der Waals surface area (Å²) >= 11 is 3.47. The number of hydrogen-bond acceptors (Lipinski definition) is 6. The molecule has 0 amide bonds. The van der Waals surface area contributed by atoms with E-state index in [-0.39, 0.29) is 17.5 Å². The zero-order valence-electron chi connectivity index (χ0n) is 11.7. The van der Waals surface area contributed by atoms with Gasteiger partial charge in [0.05, 0.1) is 17.2 Å². The lowest BCUT2D eigenvalue weighted by molar-refractivity contribution is 0.602. The molecule has 0 bridgehead atoms. The Hall–Kier alpha value is -1.67. The Morgan fingerprint density at radius 1 is 1.18 bits per heavy atom. The maximum atomic E-state index is 11.5. The summed E-state index contributed by atoms with van der Waals surface area (Å²) in [5, 5.41) is 6.35. The molecule has 2 heterocycles. The second-order valence-corrected chi connectivity index (χ2v) is 8.22. The van der Waals surface area contributed by atoms with Crippen LogP contribution in [0, 0.1) is 0 Å². The Bertz CT molecular complexity index is 782. The molecule has 1 aromatic heterocycles. The van der Waals surface area contributed by atoms with E-state index < -0.39 is 9.84 Å². The molecule has 22 heavy (non-hydrogen) atoms. The van der Waals surface area contributed by atoms with Gasteiger partial charge in [0, 0.05) is 16.6 Å². The predicted octanol–water partition coefficient (Wildman–Crippen LogP) is 2.58. The van der Waals surface area contributed by atoms with Crippen LogP contribution in [0.1, 0.15) is 6.42 Å². The van der Waals surface area contributed by atoms with E-state index in [1.54, 1.807) is 6.07 Å². The summed E-state index contributed by atoms with van der Waals surface area (Å²) in [4.78, 5) is 8.32. The lowest BCUT2D eigenvalue weighted by atomic mass is 10.2. The lowest BCUT2D eigenvalue weighted by Gasteiger charge is -2.13. The molecule has 1 fully saturated rings. The third-order valence-corrected chi connectivity index (χ3v) is 5.85. The molecular formula is C14H15BrN4O2S. The highest BCUT2D eigenvalue weighted by molar-refractivity contribution is 9.10. The van der Waals surface area contributed by atoms with E-state index in [9.17, 15) is 8.42 Å². The van der Waals surface area contributed by atoms with Gasteiger partial charge in [-0.2, -0.15) is 0 Å². The van der Waals surface area contributed by atoms with Crippen molar-refractivity contribution in [3.63, 3.8) is 0 Å². The highest BCUT2D eigenvalue weighted by Crippen LogP contribution is 2.25. The number of nitrogens with zero attached hydrogens (tertiary/aromatic N) is 2. The van der Waals surface area contributed by atoms with Crippen LogP contribution in [-0.2, 0) is 9.84 Å². The molecule has 1 unspecified atom stereocenters. The van der Waals surface area contributed by atoms with Crippen molar-refractivity contribution < 1.29 is 8.42 Å². The molecule has 0 spiro atoms. The van der Waals surface area contributed by atoms with Gasteiger partial charge in [0.15, 0.2) is 9.84 Å². The van der Waals surface area contributed by atoms with E-state index in [1.165, 1.54) is 6.33 Å². The molecule has 8 heteroatoms. The Labute approximate surface area is 137 Å². The van der Waals surface area contributed by atoms with Crippen LogP contribution >= 0.6 is 15.9 Å². The summed E-state index contributed by atoms with van der Waals surface area (Å²) in [5.41, 5.74) is 0.899. The standard InChI is InChI=1S/C14H15BrN4O2S/c15-11-3-1-2-4-12(11)19-14-7-13(16-9-17-14)18-10-5-6-22(20,21)8-10/h1-4,7,9-10H,5-6,8H2,(H2,16,17,18,19). The summed E-state index contributed by atoms with van der Waals surface area (Å²) in [6, 6.07) is 9.41. The van der Waals surface area contributed by atoms with Crippen LogP contribution in [0.4, 0.5) is 17.3 Å². The molecule has 0 aliphatic carbocycles. The Balaban J connectivity index is 1.72. The van der Waals surface area contributed by atoms with Crippen LogP contribution in [0.5, 0.6) is 0 Å². The van der Waals surface area contributed by atoms with E-state index in [2.05, 4.69) is 36.5 Å². The minimum Gasteiger partial charge on any atom is -0.366 e. The van der Waals surface area contributed by atoms with E-state index in [0.717, 1.165) is 10.2 Å². The van der Waals surface area contributed by atoms with Crippen molar-refractivity contribution in [3.05, 3.63) is 41.1 Å². The number of sulfone groups is 1. The fourth-order valence-electron chi connectivity index (χ4n) is 2.32. The maximum Gasteiger partial charge on any atom is 0.152 e. The normalized spacial score (nSPS) is 19.8. The van der Waals surface area contributed by atoms with Gasteiger partial charge in [0.25, 0.3) is 0 Å². The van der Waals surface area contributed by atoms with Crippen LogP contribution in [-0.4, -0.2) is 35.9 Å². The zero-order valence-corrected chi connectivity index (χ0v) is 14.1. The molecule has 1 aliphatic rings. The fraction of sp³-hybridized carbons (Fsp3) is 0.286. The number of halogens is 1. The number of hydrogen-bond donors (Lipinski definition) is 2. The van der Waals surface area contributed by atoms with Crippen molar-refractivity contribution in [1.82, 2.24) is 9.97 Å². The first kappa shape index (κ1) is 15.2. The summed E-state index contributed by atoms with van der Waals surface area (Å²) in [5.74, 6) is 1.65. The second kappa shape index (κ2) is 6.21. The highest BCUT2D eigenvalue weighted by atomic mass is 79.9. The third-order valence-electron chi connectivity index (χ3n) is 3.39. The van der Waals surface area contributed by atoms with E-state index in [4.69, 9.17) is 0 Å². The summed E-state index contributed by atoms with van der Waals surface area (Å²) in [6.45, 7) is 0. The minimum absolute atomic E-state index is 0.0868. The van der Waals surface area contributed by atoms with Crippen LogP contribution in [0.3, 0.4) is 0 Å². The van der Waals surface area contributed by atoms with Gasteiger partial charge in [0.2, 0.25) is 0 Å². The molecule has 0 saturated carbocycles. The monoisotopic (exact) mass is 382 g/mol. The van der Waals surface area contributed by atoms with Crippen molar-refractivity contribution in [2.24, 2.45) is 0 Å². The maximum absolute atomic E-state index is 11.5. The predicted molar refractivity (Wildman–Crippen MR) is 90.1 cm³/mol. The number of benzene rings is 1. The summed E-state index contributed by atoms with van der Waals surface area (Å²) in [6.07, 6.45) is 2.06. The molecule has 2 aromatic rings. The van der Waals surface area contributed by atoms with Gasteiger partial charge in [0.1, 0.15) is 18.0 Å². The van der Waals surface area contributed by atoms with E-state index in [0.29, 0.717) is 18.1 Å². The number of para-hydroxylation sites is 1. The van der Waals surface area contributed by atoms with Gasteiger partial charge in [-0.3, -0.25) is 0 Å². The van der Waals surface area contributed by atoms with Crippen molar-refractivity contribution in [2.75, 3.05) is 22.1 Å². The molecular weight excluding hydrogens is 368 g/mol. The minimum atomic E-state index is -2.91. The topological polar surface area (TPSA) is 84.0 Å². The van der Waals surface area contributed by atoms with Gasteiger partial charge in [-0.15, -0.1) is 0 Å². The molecule has 3 rings (SSSR count).